The van der Waals surface area contributed by atoms with Gasteiger partial charge in [0.1, 0.15) is 18.2 Å². The highest BCUT2D eigenvalue weighted by molar-refractivity contribution is 7.17. The van der Waals surface area contributed by atoms with Crippen molar-refractivity contribution in [3.05, 3.63) is 52.5 Å². The van der Waals surface area contributed by atoms with Crippen molar-refractivity contribution in [3.63, 3.8) is 0 Å². The number of thiophene rings is 1. The molecule has 26 heavy (non-hydrogen) atoms. The first-order valence-corrected chi connectivity index (χ1v) is 9.38. The van der Waals surface area contributed by atoms with Gasteiger partial charge in [0, 0.05) is 22.1 Å². The summed E-state index contributed by atoms with van der Waals surface area (Å²) in [6.45, 7) is 8.61. The summed E-state index contributed by atoms with van der Waals surface area (Å²) >= 11 is 1.50. The highest BCUT2D eigenvalue weighted by Crippen LogP contribution is 2.42. The van der Waals surface area contributed by atoms with E-state index >= 15 is 0 Å². The van der Waals surface area contributed by atoms with E-state index in [-0.39, 0.29) is 11.4 Å². The number of carbonyl (C=O) groups is 1. The zero-order chi connectivity index (χ0) is 18.5. The molecular weight excluding hydrogens is 346 g/mol. The SMILES string of the molecule is Cc1cc(NC(=O)c2cc3c(s2)-c2ccccc2OC3)n(C(C)(C)C)n1. The Balaban J connectivity index is 1.65. The quantitative estimate of drug-likeness (QED) is 0.706. The van der Waals surface area contributed by atoms with Crippen LogP contribution in [-0.4, -0.2) is 15.7 Å². The zero-order valence-electron chi connectivity index (χ0n) is 15.3. The molecule has 6 heteroatoms. The molecule has 0 bridgehead atoms. The topological polar surface area (TPSA) is 56.1 Å². The van der Waals surface area contributed by atoms with Gasteiger partial charge in [-0.3, -0.25) is 4.79 Å². The number of fused-ring (bicyclic) bond motifs is 3. The number of carbonyl (C=O) groups excluding carboxylic acids is 1. The molecule has 3 aromatic rings. The highest BCUT2D eigenvalue weighted by Gasteiger charge is 2.24. The van der Waals surface area contributed by atoms with E-state index in [2.05, 4.69) is 31.2 Å². The lowest BCUT2D eigenvalue weighted by atomic mass is 10.1. The summed E-state index contributed by atoms with van der Waals surface area (Å²) in [4.78, 5) is 14.6. The molecule has 0 saturated carbocycles. The molecule has 0 unspecified atom stereocenters. The largest absolute Gasteiger partial charge is 0.488 e. The van der Waals surface area contributed by atoms with Crippen molar-refractivity contribution >= 4 is 23.1 Å². The van der Waals surface area contributed by atoms with E-state index in [4.69, 9.17) is 4.74 Å². The Labute approximate surface area is 156 Å². The molecule has 1 aliphatic heterocycles. The Morgan fingerprint density at radius 2 is 2.04 bits per heavy atom. The van der Waals surface area contributed by atoms with Crippen LogP contribution >= 0.6 is 11.3 Å². The molecule has 134 valence electrons. The van der Waals surface area contributed by atoms with Crippen LogP contribution in [0.2, 0.25) is 0 Å². The number of hydrogen-bond donors (Lipinski definition) is 1. The molecule has 5 nitrogen and oxygen atoms in total. The van der Waals surface area contributed by atoms with Gasteiger partial charge in [-0.15, -0.1) is 11.3 Å². The molecule has 1 aliphatic rings. The fourth-order valence-corrected chi connectivity index (χ4v) is 4.18. The van der Waals surface area contributed by atoms with Crippen molar-refractivity contribution in [1.82, 2.24) is 9.78 Å². The normalized spacial score (nSPS) is 12.9. The van der Waals surface area contributed by atoms with Crippen LogP contribution in [0.1, 0.15) is 41.7 Å². The first-order valence-electron chi connectivity index (χ1n) is 8.56. The summed E-state index contributed by atoms with van der Waals surface area (Å²) in [6.07, 6.45) is 0. The van der Waals surface area contributed by atoms with Crippen LogP contribution < -0.4 is 10.1 Å². The van der Waals surface area contributed by atoms with Crippen LogP contribution in [0.4, 0.5) is 5.82 Å². The lowest BCUT2D eigenvalue weighted by Crippen LogP contribution is -2.26. The number of hydrogen-bond acceptors (Lipinski definition) is 4. The third kappa shape index (κ3) is 2.90. The lowest BCUT2D eigenvalue weighted by Gasteiger charge is -2.22. The van der Waals surface area contributed by atoms with Gasteiger partial charge >= 0.3 is 0 Å². The van der Waals surface area contributed by atoms with Crippen LogP contribution in [0.5, 0.6) is 5.75 Å². The predicted molar refractivity (Wildman–Crippen MR) is 104 cm³/mol. The number of amides is 1. The Morgan fingerprint density at radius 3 is 2.81 bits per heavy atom. The van der Waals surface area contributed by atoms with Gasteiger partial charge in [-0.2, -0.15) is 5.10 Å². The zero-order valence-corrected chi connectivity index (χ0v) is 16.1. The molecule has 0 saturated heterocycles. The third-order valence-electron chi connectivity index (χ3n) is 4.26. The van der Waals surface area contributed by atoms with E-state index < -0.39 is 0 Å². The maximum absolute atomic E-state index is 12.8. The fourth-order valence-electron chi connectivity index (χ4n) is 3.09. The van der Waals surface area contributed by atoms with Gasteiger partial charge in [-0.25, -0.2) is 4.68 Å². The molecule has 0 spiro atoms. The van der Waals surface area contributed by atoms with E-state index in [1.165, 1.54) is 11.3 Å². The third-order valence-corrected chi connectivity index (χ3v) is 5.47. The maximum atomic E-state index is 12.8. The van der Waals surface area contributed by atoms with Crippen molar-refractivity contribution in [3.8, 4) is 16.2 Å². The lowest BCUT2D eigenvalue weighted by molar-refractivity contribution is 0.102. The van der Waals surface area contributed by atoms with Crippen molar-refractivity contribution in [1.29, 1.82) is 0 Å². The van der Waals surface area contributed by atoms with Gasteiger partial charge < -0.3 is 10.1 Å². The summed E-state index contributed by atoms with van der Waals surface area (Å²) in [7, 11) is 0. The summed E-state index contributed by atoms with van der Waals surface area (Å²) in [5.74, 6) is 1.46. The van der Waals surface area contributed by atoms with Crippen LogP contribution in [0.3, 0.4) is 0 Å². The van der Waals surface area contributed by atoms with Crippen LogP contribution in [-0.2, 0) is 12.1 Å². The molecule has 0 fully saturated rings. The second-order valence-corrected chi connectivity index (χ2v) is 8.51. The van der Waals surface area contributed by atoms with Crippen molar-refractivity contribution in [2.75, 3.05) is 5.32 Å². The van der Waals surface area contributed by atoms with E-state index in [1.54, 1.807) is 0 Å². The van der Waals surface area contributed by atoms with E-state index in [0.717, 1.165) is 27.4 Å². The highest BCUT2D eigenvalue weighted by atomic mass is 32.1. The number of rotatable bonds is 2. The summed E-state index contributed by atoms with van der Waals surface area (Å²) in [5.41, 5.74) is 2.77. The Morgan fingerprint density at radius 1 is 1.27 bits per heavy atom. The van der Waals surface area contributed by atoms with Gasteiger partial charge in [0.2, 0.25) is 0 Å². The second kappa shape index (κ2) is 5.99. The first kappa shape index (κ1) is 16.8. The number of nitrogens with one attached hydrogen (secondary N) is 1. The monoisotopic (exact) mass is 367 g/mol. The smallest absolute Gasteiger partial charge is 0.266 e. The number of nitrogens with zero attached hydrogens (tertiary/aromatic N) is 2. The minimum absolute atomic E-state index is 0.118. The molecule has 1 N–H and O–H groups in total. The van der Waals surface area contributed by atoms with Gasteiger partial charge in [-0.1, -0.05) is 12.1 Å². The number of aryl methyl sites for hydroxylation is 1. The number of para-hydroxylation sites is 1. The standard InChI is InChI=1S/C20H21N3O2S/c1-12-9-17(23(22-12)20(2,3)4)21-19(24)16-10-13-11-25-15-8-6-5-7-14(15)18(13)26-16/h5-10H,11H2,1-4H3,(H,21,24). The van der Waals surface area contributed by atoms with Crippen molar-refractivity contribution in [2.24, 2.45) is 0 Å². The van der Waals surface area contributed by atoms with Crippen molar-refractivity contribution in [2.45, 2.75) is 39.8 Å². The van der Waals surface area contributed by atoms with Crippen LogP contribution in [0.25, 0.3) is 10.4 Å². The maximum Gasteiger partial charge on any atom is 0.266 e. The predicted octanol–water partition coefficient (Wildman–Crippen LogP) is 4.82. The number of aromatic nitrogens is 2. The van der Waals surface area contributed by atoms with E-state index in [0.29, 0.717) is 17.3 Å². The summed E-state index contributed by atoms with van der Waals surface area (Å²) in [5, 5.41) is 7.53. The van der Waals surface area contributed by atoms with E-state index in [1.807, 2.05) is 48.0 Å². The molecule has 2 aromatic heterocycles. The Kier molecular flexibility index (Phi) is 3.88. The molecule has 4 rings (SSSR count). The number of ether oxygens (including phenoxy) is 1. The fraction of sp³-hybridized carbons (Fsp3) is 0.300. The summed E-state index contributed by atoms with van der Waals surface area (Å²) < 4.78 is 7.64. The van der Waals surface area contributed by atoms with Crippen LogP contribution in [0, 0.1) is 6.92 Å². The average Bonchev–Trinajstić information content (AvgIpc) is 3.18. The molecular formula is C20H21N3O2S. The van der Waals surface area contributed by atoms with Crippen LogP contribution in [0.15, 0.2) is 36.4 Å². The van der Waals surface area contributed by atoms with Crippen molar-refractivity contribution < 1.29 is 9.53 Å². The van der Waals surface area contributed by atoms with E-state index in [9.17, 15) is 4.79 Å². The van der Waals surface area contributed by atoms with Gasteiger partial charge in [0.25, 0.3) is 5.91 Å². The number of anilines is 1. The summed E-state index contributed by atoms with van der Waals surface area (Å²) in [6, 6.07) is 11.8. The van der Waals surface area contributed by atoms with Gasteiger partial charge in [0.15, 0.2) is 0 Å². The average molecular weight is 367 g/mol. The second-order valence-electron chi connectivity index (χ2n) is 7.46. The minimum atomic E-state index is -0.210. The molecule has 1 aromatic carbocycles. The molecule has 0 atom stereocenters. The van der Waals surface area contributed by atoms with Gasteiger partial charge in [-0.05, 0) is 45.9 Å². The molecule has 3 heterocycles. The Bertz CT molecular complexity index is 995. The molecule has 0 radical (unpaired) electrons. The Hall–Kier alpha value is -2.60. The number of benzene rings is 1. The molecule has 0 aliphatic carbocycles. The van der Waals surface area contributed by atoms with Gasteiger partial charge in [0.05, 0.1) is 16.1 Å². The minimum Gasteiger partial charge on any atom is -0.488 e. The molecule has 1 amide bonds. The first-order chi connectivity index (χ1) is 12.3.